The lowest BCUT2D eigenvalue weighted by Gasteiger charge is -2.29. The summed E-state index contributed by atoms with van der Waals surface area (Å²) >= 11 is 0. The van der Waals surface area contributed by atoms with E-state index in [1.165, 1.54) is 11.3 Å². The van der Waals surface area contributed by atoms with Crippen LogP contribution in [-0.4, -0.2) is 29.6 Å². The summed E-state index contributed by atoms with van der Waals surface area (Å²) in [6, 6.07) is 0. The topological polar surface area (TPSA) is 41.1 Å². The fraction of sp³-hybridized carbons (Fsp3) is 0.647. The van der Waals surface area contributed by atoms with E-state index in [9.17, 15) is 0 Å². The van der Waals surface area contributed by atoms with Crippen molar-refractivity contribution in [1.29, 1.82) is 0 Å². The summed E-state index contributed by atoms with van der Waals surface area (Å²) in [6.07, 6.45) is 6.60. The summed E-state index contributed by atoms with van der Waals surface area (Å²) in [5, 5.41) is 3.48. The number of aromatic nitrogens is 2. The van der Waals surface area contributed by atoms with Gasteiger partial charge < -0.3 is 10.2 Å². The van der Waals surface area contributed by atoms with Gasteiger partial charge in [0.15, 0.2) is 0 Å². The second-order valence-electron chi connectivity index (χ2n) is 6.15. The highest BCUT2D eigenvalue weighted by molar-refractivity contribution is 5.51. The standard InChI is InChI=1S/C17H28N4/c1-5-8-18-10-15-16(11-19-17(20-15)13(2)3)21-9-6-7-14(4)12-21/h7,11,13,18H,5-6,8-10,12H2,1-4H3. The maximum Gasteiger partial charge on any atom is 0.131 e. The summed E-state index contributed by atoms with van der Waals surface area (Å²) in [5.74, 6) is 1.31. The minimum absolute atomic E-state index is 0.368. The summed E-state index contributed by atoms with van der Waals surface area (Å²) in [7, 11) is 0. The third kappa shape index (κ3) is 4.27. The molecule has 0 amide bonds. The van der Waals surface area contributed by atoms with Crippen molar-refractivity contribution < 1.29 is 0 Å². The molecule has 4 heteroatoms. The fourth-order valence-electron chi connectivity index (χ4n) is 2.60. The van der Waals surface area contributed by atoms with Crippen LogP contribution in [-0.2, 0) is 6.54 Å². The van der Waals surface area contributed by atoms with E-state index in [4.69, 9.17) is 4.98 Å². The van der Waals surface area contributed by atoms with E-state index < -0.39 is 0 Å². The lowest BCUT2D eigenvalue weighted by Crippen LogP contribution is -2.31. The van der Waals surface area contributed by atoms with Crippen LogP contribution >= 0.6 is 0 Å². The zero-order valence-corrected chi connectivity index (χ0v) is 13.8. The normalized spacial score (nSPS) is 15.5. The fourth-order valence-corrected chi connectivity index (χ4v) is 2.60. The molecule has 1 aliphatic rings. The number of anilines is 1. The molecule has 21 heavy (non-hydrogen) atoms. The first-order valence-electron chi connectivity index (χ1n) is 8.09. The van der Waals surface area contributed by atoms with E-state index in [1.807, 2.05) is 6.20 Å². The van der Waals surface area contributed by atoms with Gasteiger partial charge in [-0.3, -0.25) is 0 Å². The van der Waals surface area contributed by atoms with Crippen molar-refractivity contribution in [3.63, 3.8) is 0 Å². The second kappa shape index (κ2) is 7.55. The van der Waals surface area contributed by atoms with Crippen LogP contribution in [0.15, 0.2) is 17.8 Å². The van der Waals surface area contributed by atoms with Crippen molar-refractivity contribution in [2.24, 2.45) is 0 Å². The molecule has 1 aliphatic heterocycles. The number of nitrogens with zero attached hydrogens (tertiary/aromatic N) is 3. The summed E-state index contributed by atoms with van der Waals surface area (Å²) in [4.78, 5) is 11.8. The Morgan fingerprint density at radius 1 is 1.38 bits per heavy atom. The smallest absolute Gasteiger partial charge is 0.131 e. The molecule has 0 aromatic carbocycles. The van der Waals surface area contributed by atoms with E-state index in [1.54, 1.807) is 0 Å². The van der Waals surface area contributed by atoms with Crippen LogP contribution in [0.1, 0.15) is 58.0 Å². The average molecular weight is 288 g/mol. The molecule has 2 heterocycles. The maximum atomic E-state index is 4.81. The highest BCUT2D eigenvalue weighted by Gasteiger charge is 2.17. The predicted octanol–water partition coefficient (Wildman–Crippen LogP) is 3.26. The molecule has 0 unspecified atom stereocenters. The molecule has 0 aliphatic carbocycles. The Bertz CT molecular complexity index is 494. The van der Waals surface area contributed by atoms with Crippen molar-refractivity contribution in [2.75, 3.05) is 24.5 Å². The quantitative estimate of drug-likeness (QED) is 0.644. The van der Waals surface area contributed by atoms with E-state index in [2.05, 4.69) is 49.0 Å². The highest BCUT2D eigenvalue weighted by atomic mass is 15.2. The van der Waals surface area contributed by atoms with Gasteiger partial charge in [0, 0.05) is 25.6 Å². The first-order chi connectivity index (χ1) is 10.1. The molecule has 1 aromatic heterocycles. The largest absolute Gasteiger partial charge is 0.364 e. The molecule has 1 aromatic rings. The van der Waals surface area contributed by atoms with Crippen molar-refractivity contribution in [2.45, 2.75) is 53.0 Å². The molecule has 2 rings (SSSR count). The molecular formula is C17H28N4. The van der Waals surface area contributed by atoms with Gasteiger partial charge in [-0.1, -0.05) is 32.4 Å². The van der Waals surface area contributed by atoms with Crippen LogP contribution in [0.3, 0.4) is 0 Å². The van der Waals surface area contributed by atoms with E-state index in [0.717, 1.165) is 50.5 Å². The summed E-state index contributed by atoms with van der Waals surface area (Å²) < 4.78 is 0. The Morgan fingerprint density at radius 2 is 2.19 bits per heavy atom. The van der Waals surface area contributed by atoms with Crippen molar-refractivity contribution in [3.05, 3.63) is 29.4 Å². The molecule has 0 atom stereocenters. The molecule has 116 valence electrons. The Balaban J connectivity index is 2.23. The SMILES string of the molecule is CCCNCc1nc(C(C)C)ncc1N1CCC=C(C)C1. The molecular weight excluding hydrogens is 260 g/mol. The van der Waals surface area contributed by atoms with Gasteiger partial charge in [-0.05, 0) is 26.3 Å². The summed E-state index contributed by atoms with van der Waals surface area (Å²) in [5.41, 5.74) is 3.76. The first-order valence-corrected chi connectivity index (χ1v) is 8.09. The number of nitrogens with one attached hydrogen (secondary N) is 1. The monoisotopic (exact) mass is 288 g/mol. The minimum Gasteiger partial charge on any atom is -0.364 e. The lowest BCUT2D eigenvalue weighted by atomic mass is 10.1. The van der Waals surface area contributed by atoms with Gasteiger partial charge in [0.2, 0.25) is 0 Å². The predicted molar refractivity (Wildman–Crippen MR) is 88.7 cm³/mol. The zero-order valence-electron chi connectivity index (χ0n) is 13.8. The third-order valence-corrected chi connectivity index (χ3v) is 3.77. The molecule has 0 fully saturated rings. The third-order valence-electron chi connectivity index (χ3n) is 3.77. The van der Waals surface area contributed by atoms with Crippen LogP contribution in [0.4, 0.5) is 5.69 Å². The van der Waals surface area contributed by atoms with Gasteiger partial charge in [-0.15, -0.1) is 0 Å². The van der Waals surface area contributed by atoms with Crippen LogP contribution in [0, 0.1) is 0 Å². The van der Waals surface area contributed by atoms with E-state index >= 15 is 0 Å². The minimum atomic E-state index is 0.368. The van der Waals surface area contributed by atoms with Crippen molar-refractivity contribution >= 4 is 5.69 Å². The maximum absolute atomic E-state index is 4.81. The van der Waals surface area contributed by atoms with Crippen LogP contribution in [0.5, 0.6) is 0 Å². The highest BCUT2D eigenvalue weighted by Crippen LogP contribution is 2.23. The van der Waals surface area contributed by atoms with Crippen molar-refractivity contribution in [1.82, 2.24) is 15.3 Å². The molecule has 1 N–H and O–H groups in total. The molecule has 4 nitrogen and oxygen atoms in total. The number of rotatable bonds is 6. The number of hydrogen-bond acceptors (Lipinski definition) is 4. The Labute approximate surface area is 128 Å². The Hall–Kier alpha value is -1.42. The van der Waals surface area contributed by atoms with Crippen LogP contribution < -0.4 is 10.2 Å². The second-order valence-corrected chi connectivity index (χ2v) is 6.15. The van der Waals surface area contributed by atoms with Gasteiger partial charge >= 0.3 is 0 Å². The first kappa shape index (κ1) is 16.0. The molecule has 0 radical (unpaired) electrons. The van der Waals surface area contributed by atoms with E-state index in [0.29, 0.717) is 5.92 Å². The number of hydrogen-bond donors (Lipinski definition) is 1. The molecule has 0 saturated heterocycles. The lowest BCUT2D eigenvalue weighted by molar-refractivity contribution is 0.646. The van der Waals surface area contributed by atoms with Crippen molar-refractivity contribution in [3.8, 4) is 0 Å². The molecule has 0 bridgehead atoms. The van der Waals surface area contributed by atoms with Crippen LogP contribution in [0.2, 0.25) is 0 Å². The Morgan fingerprint density at radius 3 is 2.86 bits per heavy atom. The van der Waals surface area contributed by atoms with Crippen LogP contribution in [0.25, 0.3) is 0 Å². The van der Waals surface area contributed by atoms with Gasteiger partial charge in [0.05, 0.1) is 17.6 Å². The Kier molecular flexibility index (Phi) is 5.74. The molecule has 0 saturated carbocycles. The molecule has 0 spiro atoms. The van der Waals surface area contributed by atoms with Gasteiger partial charge in [0.1, 0.15) is 5.82 Å². The zero-order chi connectivity index (χ0) is 15.2. The van der Waals surface area contributed by atoms with Gasteiger partial charge in [0.25, 0.3) is 0 Å². The van der Waals surface area contributed by atoms with Gasteiger partial charge in [-0.2, -0.15) is 0 Å². The van der Waals surface area contributed by atoms with Gasteiger partial charge in [-0.25, -0.2) is 9.97 Å². The summed E-state index contributed by atoms with van der Waals surface area (Å²) in [6.45, 7) is 12.6. The average Bonchev–Trinajstić information content (AvgIpc) is 2.47. The van der Waals surface area contributed by atoms with E-state index in [-0.39, 0.29) is 0 Å².